The second-order valence-corrected chi connectivity index (χ2v) is 7.17. The summed E-state index contributed by atoms with van der Waals surface area (Å²) in [6.07, 6.45) is 11.6. The SMILES string of the molecule is C1CC(C(Cc2nnc(C3CCOCC3)o2)C2CCC2)C1. The van der Waals surface area contributed by atoms with Crippen molar-refractivity contribution in [1.29, 1.82) is 0 Å². The summed E-state index contributed by atoms with van der Waals surface area (Å²) in [5.74, 6) is 4.82. The van der Waals surface area contributed by atoms with Gasteiger partial charge in [0.25, 0.3) is 0 Å². The van der Waals surface area contributed by atoms with E-state index in [0.29, 0.717) is 5.92 Å². The summed E-state index contributed by atoms with van der Waals surface area (Å²) in [4.78, 5) is 0. The predicted molar refractivity (Wildman–Crippen MR) is 79.0 cm³/mol. The molecule has 0 aromatic carbocycles. The zero-order valence-corrected chi connectivity index (χ0v) is 12.8. The summed E-state index contributed by atoms with van der Waals surface area (Å²) in [6, 6.07) is 0. The third-order valence-electron chi connectivity index (χ3n) is 5.97. The maximum Gasteiger partial charge on any atom is 0.219 e. The molecule has 2 saturated carbocycles. The van der Waals surface area contributed by atoms with Crippen LogP contribution in [0.5, 0.6) is 0 Å². The van der Waals surface area contributed by atoms with Gasteiger partial charge in [-0.15, -0.1) is 10.2 Å². The maximum absolute atomic E-state index is 6.01. The molecule has 2 aliphatic carbocycles. The van der Waals surface area contributed by atoms with Crippen molar-refractivity contribution in [3.05, 3.63) is 11.8 Å². The Labute approximate surface area is 126 Å². The number of nitrogens with zero attached hydrogens (tertiary/aromatic N) is 2. The van der Waals surface area contributed by atoms with E-state index >= 15 is 0 Å². The van der Waals surface area contributed by atoms with Crippen LogP contribution in [0.4, 0.5) is 0 Å². The third kappa shape index (κ3) is 2.87. The Morgan fingerprint density at radius 3 is 2.14 bits per heavy atom. The average molecular weight is 290 g/mol. The molecular weight excluding hydrogens is 264 g/mol. The maximum atomic E-state index is 6.01. The molecule has 4 heteroatoms. The molecule has 1 aromatic heterocycles. The van der Waals surface area contributed by atoms with Gasteiger partial charge in [-0.05, 0) is 30.6 Å². The molecule has 4 rings (SSSR count). The topological polar surface area (TPSA) is 48.2 Å². The molecule has 21 heavy (non-hydrogen) atoms. The van der Waals surface area contributed by atoms with Crippen molar-refractivity contribution in [2.24, 2.45) is 17.8 Å². The van der Waals surface area contributed by atoms with E-state index in [4.69, 9.17) is 9.15 Å². The van der Waals surface area contributed by atoms with Crippen LogP contribution in [0.3, 0.4) is 0 Å². The van der Waals surface area contributed by atoms with Crippen LogP contribution in [0.25, 0.3) is 0 Å². The van der Waals surface area contributed by atoms with E-state index in [1.54, 1.807) is 0 Å². The zero-order chi connectivity index (χ0) is 14.1. The third-order valence-corrected chi connectivity index (χ3v) is 5.97. The summed E-state index contributed by atoms with van der Waals surface area (Å²) in [5, 5.41) is 8.68. The number of rotatable bonds is 5. The second-order valence-electron chi connectivity index (χ2n) is 7.17. The molecule has 1 aromatic rings. The molecule has 0 unspecified atom stereocenters. The molecule has 2 heterocycles. The lowest BCUT2D eigenvalue weighted by molar-refractivity contribution is 0.0765. The molecule has 116 valence electrons. The Bertz CT molecular complexity index is 445. The van der Waals surface area contributed by atoms with Crippen LogP contribution in [-0.4, -0.2) is 23.4 Å². The lowest BCUT2D eigenvalue weighted by Gasteiger charge is -2.42. The van der Waals surface area contributed by atoms with E-state index in [1.165, 1.54) is 38.5 Å². The molecule has 3 fully saturated rings. The van der Waals surface area contributed by atoms with Gasteiger partial charge in [-0.2, -0.15) is 0 Å². The van der Waals surface area contributed by atoms with E-state index in [-0.39, 0.29) is 0 Å². The van der Waals surface area contributed by atoms with E-state index < -0.39 is 0 Å². The molecule has 0 amide bonds. The summed E-state index contributed by atoms with van der Waals surface area (Å²) >= 11 is 0. The smallest absolute Gasteiger partial charge is 0.219 e. The van der Waals surface area contributed by atoms with Gasteiger partial charge in [0.2, 0.25) is 11.8 Å². The first-order valence-corrected chi connectivity index (χ1v) is 8.80. The minimum Gasteiger partial charge on any atom is -0.425 e. The van der Waals surface area contributed by atoms with Crippen molar-refractivity contribution in [3.8, 4) is 0 Å². The van der Waals surface area contributed by atoms with Crippen molar-refractivity contribution in [1.82, 2.24) is 10.2 Å². The largest absolute Gasteiger partial charge is 0.425 e. The molecule has 0 N–H and O–H groups in total. The molecule has 0 atom stereocenters. The second kappa shape index (κ2) is 6.07. The van der Waals surface area contributed by atoms with Gasteiger partial charge in [0.15, 0.2) is 0 Å². The Hall–Kier alpha value is -0.900. The molecule has 1 saturated heterocycles. The van der Waals surface area contributed by atoms with E-state index in [9.17, 15) is 0 Å². The first kappa shape index (κ1) is 13.7. The highest BCUT2D eigenvalue weighted by Crippen LogP contribution is 2.45. The molecule has 0 bridgehead atoms. The van der Waals surface area contributed by atoms with Crippen molar-refractivity contribution in [2.45, 2.75) is 63.7 Å². The van der Waals surface area contributed by atoms with E-state index in [1.807, 2.05) is 0 Å². The molecule has 4 nitrogen and oxygen atoms in total. The highest BCUT2D eigenvalue weighted by atomic mass is 16.5. The van der Waals surface area contributed by atoms with Gasteiger partial charge in [-0.25, -0.2) is 0 Å². The van der Waals surface area contributed by atoms with Gasteiger partial charge in [0, 0.05) is 25.6 Å². The summed E-state index contributed by atoms with van der Waals surface area (Å²) in [6.45, 7) is 1.66. The van der Waals surface area contributed by atoms with Crippen LogP contribution in [0, 0.1) is 17.8 Å². The first-order chi connectivity index (χ1) is 10.4. The zero-order valence-electron chi connectivity index (χ0n) is 12.8. The van der Waals surface area contributed by atoms with Gasteiger partial charge in [-0.1, -0.05) is 38.5 Å². The van der Waals surface area contributed by atoms with Crippen molar-refractivity contribution >= 4 is 0 Å². The van der Waals surface area contributed by atoms with Crippen LogP contribution >= 0.6 is 0 Å². The fourth-order valence-electron chi connectivity index (χ4n) is 4.11. The monoisotopic (exact) mass is 290 g/mol. The quantitative estimate of drug-likeness (QED) is 0.829. The minimum atomic E-state index is 0.422. The van der Waals surface area contributed by atoms with Gasteiger partial charge >= 0.3 is 0 Å². The summed E-state index contributed by atoms with van der Waals surface area (Å²) in [7, 11) is 0. The molecular formula is C17H26N2O2. The van der Waals surface area contributed by atoms with Crippen molar-refractivity contribution < 1.29 is 9.15 Å². The predicted octanol–water partition coefficient (Wildman–Crippen LogP) is 3.72. The number of ether oxygens (including phenoxy) is 1. The van der Waals surface area contributed by atoms with Crippen LogP contribution in [0.2, 0.25) is 0 Å². The van der Waals surface area contributed by atoms with E-state index in [0.717, 1.165) is 62.0 Å². The molecule has 0 radical (unpaired) electrons. The van der Waals surface area contributed by atoms with Gasteiger partial charge in [-0.3, -0.25) is 0 Å². The Kier molecular flexibility index (Phi) is 3.97. The lowest BCUT2D eigenvalue weighted by atomic mass is 9.63. The molecule has 1 aliphatic heterocycles. The van der Waals surface area contributed by atoms with Crippen LogP contribution < -0.4 is 0 Å². The Balaban J connectivity index is 1.41. The average Bonchev–Trinajstić information content (AvgIpc) is 2.84. The van der Waals surface area contributed by atoms with Gasteiger partial charge in [0.05, 0.1) is 0 Å². The summed E-state index contributed by atoms with van der Waals surface area (Å²) in [5.41, 5.74) is 0. The summed E-state index contributed by atoms with van der Waals surface area (Å²) < 4.78 is 11.4. The Morgan fingerprint density at radius 2 is 1.57 bits per heavy atom. The fraction of sp³-hybridized carbons (Fsp3) is 0.882. The van der Waals surface area contributed by atoms with Gasteiger partial charge in [0.1, 0.15) is 0 Å². The first-order valence-electron chi connectivity index (χ1n) is 8.80. The minimum absolute atomic E-state index is 0.422. The number of hydrogen-bond donors (Lipinski definition) is 0. The number of hydrogen-bond acceptors (Lipinski definition) is 4. The highest BCUT2D eigenvalue weighted by molar-refractivity contribution is 4.96. The van der Waals surface area contributed by atoms with E-state index in [2.05, 4.69) is 10.2 Å². The fourth-order valence-corrected chi connectivity index (χ4v) is 4.11. The van der Waals surface area contributed by atoms with Crippen molar-refractivity contribution in [3.63, 3.8) is 0 Å². The normalized spacial score (nSPS) is 25.0. The molecule has 3 aliphatic rings. The standard InChI is InChI=1S/C17H26N2O2/c1-3-12(4-1)15(13-5-2-6-13)11-16-18-19-17(21-16)14-7-9-20-10-8-14/h12-15H,1-11H2. The van der Waals surface area contributed by atoms with Crippen LogP contribution in [0.1, 0.15) is 69.1 Å². The highest BCUT2D eigenvalue weighted by Gasteiger charge is 2.37. The molecule has 0 spiro atoms. The lowest BCUT2D eigenvalue weighted by Crippen LogP contribution is -2.33. The van der Waals surface area contributed by atoms with Gasteiger partial charge < -0.3 is 9.15 Å². The van der Waals surface area contributed by atoms with Crippen molar-refractivity contribution in [2.75, 3.05) is 13.2 Å². The number of aromatic nitrogens is 2. The Morgan fingerprint density at radius 1 is 0.905 bits per heavy atom. The van der Waals surface area contributed by atoms with Crippen LogP contribution in [0.15, 0.2) is 4.42 Å². The van der Waals surface area contributed by atoms with Crippen LogP contribution in [-0.2, 0) is 11.2 Å².